The van der Waals surface area contributed by atoms with Crippen molar-refractivity contribution in [3.05, 3.63) is 41.8 Å². The number of rotatable bonds is 4. The lowest BCUT2D eigenvalue weighted by Gasteiger charge is -1.98. The monoisotopic (exact) mass is 232 g/mol. The highest BCUT2D eigenvalue weighted by Gasteiger charge is 2.10. The third-order valence-corrected chi connectivity index (χ3v) is 2.49. The lowest BCUT2D eigenvalue weighted by Crippen LogP contribution is -1.96. The van der Waals surface area contributed by atoms with Crippen LogP contribution in [0, 0.1) is 5.82 Å². The zero-order valence-corrected chi connectivity index (χ0v) is 9.56. The predicted molar refractivity (Wildman–Crippen MR) is 63.3 cm³/mol. The third-order valence-electron chi connectivity index (χ3n) is 2.49. The summed E-state index contributed by atoms with van der Waals surface area (Å²) in [5.41, 5.74) is 1.89. The van der Waals surface area contributed by atoms with Crippen LogP contribution in [0.4, 0.5) is 4.39 Å². The van der Waals surface area contributed by atoms with Crippen LogP contribution in [-0.2, 0) is 6.54 Å². The molecular weight excluding hydrogens is 219 g/mol. The fourth-order valence-corrected chi connectivity index (χ4v) is 1.70. The van der Waals surface area contributed by atoms with Crippen molar-refractivity contribution in [2.45, 2.75) is 19.9 Å². The van der Waals surface area contributed by atoms with E-state index >= 15 is 0 Å². The van der Waals surface area contributed by atoms with Crippen molar-refractivity contribution in [2.24, 2.45) is 0 Å². The smallest absolute Gasteiger partial charge is 0.153 e. The summed E-state index contributed by atoms with van der Waals surface area (Å²) in [7, 11) is 0. The van der Waals surface area contributed by atoms with Crippen LogP contribution >= 0.6 is 0 Å². The Labute approximate surface area is 98.9 Å². The molecule has 2 rings (SSSR count). The van der Waals surface area contributed by atoms with Crippen molar-refractivity contribution >= 4 is 6.29 Å². The molecule has 0 bridgehead atoms. The Kier molecular flexibility index (Phi) is 3.32. The molecule has 17 heavy (non-hydrogen) atoms. The normalized spacial score (nSPS) is 10.5. The van der Waals surface area contributed by atoms with Gasteiger partial charge >= 0.3 is 0 Å². The second kappa shape index (κ2) is 4.91. The van der Waals surface area contributed by atoms with Crippen LogP contribution in [0.1, 0.15) is 23.7 Å². The van der Waals surface area contributed by atoms with Crippen LogP contribution in [0.15, 0.2) is 30.5 Å². The maximum atomic E-state index is 12.8. The topological polar surface area (TPSA) is 34.9 Å². The summed E-state index contributed by atoms with van der Waals surface area (Å²) in [5, 5.41) is 4.33. The molecule has 0 N–H and O–H groups in total. The number of halogens is 1. The molecule has 0 saturated carbocycles. The Hall–Kier alpha value is -1.97. The van der Waals surface area contributed by atoms with Gasteiger partial charge in [-0.2, -0.15) is 5.10 Å². The summed E-state index contributed by atoms with van der Waals surface area (Å²) >= 11 is 0. The van der Waals surface area contributed by atoms with E-state index in [0.717, 1.165) is 24.8 Å². The van der Waals surface area contributed by atoms with Crippen molar-refractivity contribution in [1.29, 1.82) is 0 Å². The van der Waals surface area contributed by atoms with E-state index in [4.69, 9.17) is 0 Å². The van der Waals surface area contributed by atoms with Crippen molar-refractivity contribution in [3.8, 4) is 11.3 Å². The molecule has 0 radical (unpaired) electrons. The first-order chi connectivity index (χ1) is 8.24. The standard InChI is InChI=1S/C13H13FN2O/c1-2-7-16-8-11(9-17)13(15-16)10-3-5-12(14)6-4-10/h3-6,8-9H,2,7H2,1H3. The van der Waals surface area contributed by atoms with E-state index in [0.29, 0.717) is 11.3 Å². The van der Waals surface area contributed by atoms with Gasteiger partial charge < -0.3 is 0 Å². The molecule has 0 aliphatic carbocycles. The van der Waals surface area contributed by atoms with Crippen molar-refractivity contribution < 1.29 is 9.18 Å². The summed E-state index contributed by atoms with van der Waals surface area (Å²) in [6.07, 6.45) is 3.44. The molecule has 0 unspecified atom stereocenters. The van der Waals surface area contributed by atoms with Crippen LogP contribution in [0.2, 0.25) is 0 Å². The molecule has 0 aliphatic heterocycles. The lowest BCUT2D eigenvalue weighted by molar-refractivity contribution is 0.112. The predicted octanol–water partition coefficient (Wildman–Crippen LogP) is 2.91. The third kappa shape index (κ3) is 2.41. The average molecular weight is 232 g/mol. The minimum atomic E-state index is -0.297. The van der Waals surface area contributed by atoms with E-state index < -0.39 is 0 Å². The van der Waals surface area contributed by atoms with Crippen LogP contribution < -0.4 is 0 Å². The molecule has 3 nitrogen and oxygen atoms in total. The van der Waals surface area contributed by atoms with Gasteiger partial charge in [0.2, 0.25) is 0 Å². The first-order valence-corrected chi connectivity index (χ1v) is 5.53. The van der Waals surface area contributed by atoms with Gasteiger partial charge in [0.25, 0.3) is 0 Å². The molecule has 88 valence electrons. The Morgan fingerprint density at radius 2 is 2.06 bits per heavy atom. The molecule has 0 atom stereocenters. The maximum absolute atomic E-state index is 12.8. The number of aromatic nitrogens is 2. The van der Waals surface area contributed by atoms with E-state index in [2.05, 4.69) is 5.10 Å². The number of aldehydes is 1. The zero-order valence-electron chi connectivity index (χ0n) is 9.56. The second-order valence-corrected chi connectivity index (χ2v) is 3.82. The molecule has 4 heteroatoms. The molecule has 0 aliphatic rings. The quantitative estimate of drug-likeness (QED) is 0.760. The van der Waals surface area contributed by atoms with Gasteiger partial charge in [0.05, 0.1) is 5.56 Å². The number of aryl methyl sites for hydroxylation is 1. The molecule has 1 heterocycles. The number of hydrogen-bond acceptors (Lipinski definition) is 2. The van der Waals surface area contributed by atoms with Crippen LogP contribution in [-0.4, -0.2) is 16.1 Å². The lowest BCUT2D eigenvalue weighted by atomic mass is 10.1. The first-order valence-electron chi connectivity index (χ1n) is 5.53. The number of nitrogens with zero attached hydrogens (tertiary/aromatic N) is 2. The largest absolute Gasteiger partial charge is 0.298 e. The summed E-state index contributed by atoms with van der Waals surface area (Å²) in [4.78, 5) is 11.0. The maximum Gasteiger partial charge on any atom is 0.153 e. The minimum Gasteiger partial charge on any atom is -0.298 e. The Morgan fingerprint density at radius 3 is 2.65 bits per heavy atom. The molecular formula is C13H13FN2O. The van der Waals surface area contributed by atoms with Crippen molar-refractivity contribution in [1.82, 2.24) is 9.78 Å². The number of benzene rings is 1. The van der Waals surface area contributed by atoms with E-state index in [9.17, 15) is 9.18 Å². The Morgan fingerprint density at radius 1 is 1.35 bits per heavy atom. The number of carbonyl (C=O) groups is 1. The van der Waals surface area contributed by atoms with E-state index in [1.165, 1.54) is 12.1 Å². The van der Waals surface area contributed by atoms with Crippen LogP contribution in [0.25, 0.3) is 11.3 Å². The highest BCUT2D eigenvalue weighted by molar-refractivity contribution is 5.85. The minimum absolute atomic E-state index is 0.297. The van der Waals surface area contributed by atoms with E-state index in [1.54, 1.807) is 23.0 Å². The summed E-state index contributed by atoms with van der Waals surface area (Å²) < 4.78 is 14.6. The van der Waals surface area contributed by atoms with E-state index in [1.807, 2.05) is 6.92 Å². The molecule has 1 aromatic heterocycles. The second-order valence-electron chi connectivity index (χ2n) is 3.82. The van der Waals surface area contributed by atoms with Gasteiger partial charge in [0.1, 0.15) is 11.5 Å². The zero-order chi connectivity index (χ0) is 12.3. The van der Waals surface area contributed by atoms with Gasteiger partial charge in [-0.1, -0.05) is 6.92 Å². The molecule has 0 spiro atoms. The summed E-state index contributed by atoms with van der Waals surface area (Å²) in [6, 6.07) is 5.98. The molecule has 2 aromatic rings. The molecule has 0 saturated heterocycles. The van der Waals surface area contributed by atoms with Crippen LogP contribution in [0.3, 0.4) is 0 Å². The molecule has 0 fully saturated rings. The number of hydrogen-bond donors (Lipinski definition) is 0. The molecule has 0 amide bonds. The van der Waals surface area contributed by atoms with Gasteiger partial charge in [-0.05, 0) is 30.7 Å². The van der Waals surface area contributed by atoms with Gasteiger partial charge in [0.15, 0.2) is 6.29 Å². The highest BCUT2D eigenvalue weighted by Crippen LogP contribution is 2.21. The van der Waals surface area contributed by atoms with Gasteiger partial charge in [-0.25, -0.2) is 4.39 Å². The van der Waals surface area contributed by atoms with Crippen molar-refractivity contribution in [3.63, 3.8) is 0 Å². The van der Waals surface area contributed by atoms with Crippen LogP contribution in [0.5, 0.6) is 0 Å². The summed E-state index contributed by atoms with van der Waals surface area (Å²) in [6.45, 7) is 2.81. The molecule has 1 aromatic carbocycles. The Balaban J connectivity index is 2.42. The van der Waals surface area contributed by atoms with Gasteiger partial charge in [-0.15, -0.1) is 0 Å². The number of carbonyl (C=O) groups excluding carboxylic acids is 1. The van der Waals surface area contributed by atoms with Gasteiger partial charge in [0, 0.05) is 18.3 Å². The average Bonchev–Trinajstić information content (AvgIpc) is 2.74. The van der Waals surface area contributed by atoms with Gasteiger partial charge in [-0.3, -0.25) is 9.48 Å². The Bertz CT molecular complexity index is 517. The highest BCUT2D eigenvalue weighted by atomic mass is 19.1. The van der Waals surface area contributed by atoms with E-state index in [-0.39, 0.29) is 5.82 Å². The SMILES string of the molecule is CCCn1cc(C=O)c(-c2ccc(F)cc2)n1. The fraction of sp³-hybridized carbons (Fsp3) is 0.231. The fourth-order valence-electron chi connectivity index (χ4n) is 1.70. The van der Waals surface area contributed by atoms with Crippen molar-refractivity contribution in [2.75, 3.05) is 0 Å². The first kappa shape index (κ1) is 11.5. The summed E-state index contributed by atoms with van der Waals surface area (Å²) in [5.74, 6) is -0.297.